The first-order chi connectivity index (χ1) is 14.4. The molecule has 0 saturated heterocycles. The predicted octanol–water partition coefficient (Wildman–Crippen LogP) is 4.28. The molecule has 30 heavy (non-hydrogen) atoms. The zero-order valence-corrected chi connectivity index (χ0v) is 16.9. The van der Waals surface area contributed by atoms with Crippen LogP contribution in [0.1, 0.15) is 28.7 Å². The molecule has 1 N–H and O–H groups in total. The van der Waals surface area contributed by atoms with E-state index in [4.69, 9.17) is 0 Å². The Morgan fingerprint density at radius 3 is 2.67 bits per heavy atom. The number of pyridine rings is 1. The van der Waals surface area contributed by atoms with Crippen molar-refractivity contribution in [3.05, 3.63) is 86.7 Å². The van der Waals surface area contributed by atoms with Crippen LogP contribution in [-0.4, -0.2) is 28.9 Å². The molecular formula is C24H22F2N2O2. The van der Waals surface area contributed by atoms with Gasteiger partial charge in [-0.3, -0.25) is 9.59 Å². The number of hydrogen-bond donors (Lipinski definition) is 1. The minimum absolute atomic E-state index is 0.0107. The van der Waals surface area contributed by atoms with E-state index in [-0.39, 0.29) is 28.8 Å². The van der Waals surface area contributed by atoms with Gasteiger partial charge in [-0.2, -0.15) is 0 Å². The number of nitrogens with one attached hydrogen (secondary N) is 1. The third kappa shape index (κ3) is 3.54. The molecule has 0 bridgehead atoms. The summed E-state index contributed by atoms with van der Waals surface area (Å²) in [5.41, 5.74) is 3.55. The van der Waals surface area contributed by atoms with E-state index in [1.54, 1.807) is 11.8 Å². The summed E-state index contributed by atoms with van der Waals surface area (Å²) >= 11 is 0. The first-order valence-electron chi connectivity index (χ1n) is 9.89. The summed E-state index contributed by atoms with van der Waals surface area (Å²) in [6.45, 7) is 4.60. The van der Waals surface area contributed by atoms with Crippen LogP contribution in [0.3, 0.4) is 0 Å². The van der Waals surface area contributed by atoms with E-state index in [9.17, 15) is 18.4 Å². The summed E-state index contributed by atoms with van der Waals surface area (Å²) in [6, 6.07) is 10.3. The molecule has 1 aliphatic rings. The van der Waals surface area contributed by atoms with Crippen molar-refractivity contribution in [1.29, 1.82) is 0 Å². The predicted molar refractivity (Wildman–Crippen MR) is 113 cm³/mol. The fourth-order valence-corrected chi connectivity index (χ4v) is 4.10. The minimum atomic E-state index is -1.02. The zero-order chi connectivity index (χ0) is 21.4. The lowest BCUT2D eigenvalue weighted by atomic mass is 9.96. The van der Waals surface area contributed by atoms with E-state index >= 15 is 0 Å². The third-order valence-corrected chi connectivity index (χ3v) is 5.77. The lowest BCUT2D eigenvalue weighted by Gasteiger charge is -2.28. The van der Waals surface area contributed by atoms with Crippen molar-refractivity contribution in [1.82, 2.24) is 9.88 Å². The summed E-state index contributed by atoms with van der Waals surface area (Å²) in [5.74, 6) is -2.21. The number of H-pyrrole nitrogens is 1. The maximum Gasteiger partial charge on any atom is 0.252 e. The van der Waals surface area contributed by atoms with Crippen LogP contribution in [0.5, 0.6) is 0 Å². The molecule has 2 heterocycles. The number of rotatable bonds is 3. The molecule has 0 spiro atoms. The fourth-order valence-electron chi connectivity index (χ4n) is 4.10. The van der Waals surface area contributed by atoms with Crippen LogP contribution >= 0.6 is 0 Å². The fraction of sp³-hybridized carbons (Fsp3) is 0.250. The van der Waals surface area contributed by atoms with Crippen LogP contribution in [0.15, 0.2) is 47.3 Å². The van der Waals surface area contributed by atoms with E-state index < -0.39 is 17.2 Å². The number of amides is 1. The summed E-state index contributed by atoms with van der Waals surface area (Å²) in [6.07, 6.45) is 2.70. The van der Waals surface area contributed by atoms with Gasteiger partial charge in [0.1, 0.15) is 0 Å². The second kappa shape index (κ2) is 7.86. The molecule has 0 unspecified atom stereocenters. The van der Waals surface area contributed by atoms with Gasteiger partial charge in [0.25, 0.3) is 5.56 Å². The number of fused-ring (bicyclic) bond motifs is 1. The number of nitrogens with zero attached hydrogens (tertiary/aromatic N) is 1. The Bertz CT molecular complexity index is 1240. The zero-order valence-electron chi connectivity index (χ0n) is 16.9. The van der Waals surface area contributed by atoms with Crippen LogP contribution < -0.4 is 5.56 Å². The van der Waals surface area contributed by atoms with Gasteiger partial charge in [0.15, 0.2) is 11.6 Å². The molecule has 2 aromatic carbocycles. The number of halogens is 2. The molecule has 0 radical (unpaired) electrons. The molecule has 4 rings (SSSR count). The minimum Gasteiger partial charge on any atom is -0.338 e. The first kappa shape index (κ1) is 20.0. The van der Waals surface area contributed by atoms with Gasteiger partial charge in [0.05, 0.1) is 11.9 Å². The summed E-state index contributed by atoms with van der Waals surface area (Å²) < 4.78 is 28.0. The van der Waals surface area contributed by atoms with E-state index in [0.29, 0.717) is 18.7 Å². The maximum absolute atomic E-state index is 14.3. The molecule has 4 nitrogen and oxygen atoms in total. The molecule has 1 aromatic heterocycles. The van der Waals surface area contributed by atoms with Crippen molar-refractivity contribution in [2.24, 2.45) is 0 Å². The Labute approximate surface area is 172 Å². The van der Waals surface area contributed by atoms with Crippen LogP contribution in [-0.2, 0) is 11.2 Å². The van der Waals surface area contributed by atoms with Crippen LogP contribution in [0.25, 0.3) is 16.5 Å². The second-order valence-corrected chi connectivity index (χ2v) is 7.67. The number of aromatic nitrogens is 1. The molecule has 1 amide bonds. The number of aryl methyl sites for hydroxylation is 2. The molecular weight excluding hydrogens is 386 g/mol. The Morgan fingerprint density at radius 1 is 1.13 bits per heavy atom. The SMILES string of the molecule is Cc1ccccc1C1=CCCN(C(=O)Cc2c(C)c3c(F)c(F)ccc3[nH]c2=O)C1. The highest BCUT2D eigenvalue weighted by atomic mass is 19.2. The lowest BCUT2D eigenvalue weighted by molar-refractivity contribution is -0.130. The molecule has 154 valence electrons. The summed E-state index contributed by atoms with van der Waals surface area (Å²) in [5, 5.41) is 0.0107. The first-order valence-corrected chi connectivity index (χ1v) is 9.89. The average molecular weight is 408 g/mol. The van der Waals surface area contributed by atoms with Crippen molar-refractivity contribution in [3.8, 4) is 0 Å². The van der Waals surface area contributed by atoms with Crippen molar-refractivity contribution in [2.75, 3.05) is 13.1 Å². The van der Waals surface area contributed by atoms with Gasteiger partial charge >= 0.3 is 0 Å². The van der Waals surface area contributed by atoms with Crippen molar-refractivity contribution >= 4 is 22.4 Å². The molecule has 0 aliphatic carbocycles. The molecule has 6 heteroatoms. The van der Waals surface area contributed by atoms with Gasteiger partial charge in [0, 0.05) is 24.0 Å². The van der Waals surface area contributed by atoms with E-state index in [1.165, 1.54) is 6.07 Å². The van der Waals surface area contributed by atoms with Crippen molar-refractivity contribution in [2.45, 2.75) is 26.7 Å². The summed E-state index contributed by atoms with van der Waals surface area (Å²) in [4.78, 5) is 29.8. The third-order valence-electron chi connectivity index (χ3n) is 5.77. The Kier molecular flexibility index (Phi) is 5.24. The van der Waals surface area contributed by atoms with Crippen LogP contribution in [0.4, 0.5) is 8.78 Å². The standard InChI is InChI=1S/C24H22F2N2O2/c1-14-6-3-4-8-17(14)16-7-5-11-28(13-16)21(29)12-18-15(2)22-20(27-24(18)30)10-9-19(25)23(22)26/h3-4,6-10H,5,11-13H2,1-2H3,(H,27,30). The van der Waals surface area contributed by atoms with Crippen LogP contribution in [0, 0.1) is 25.5 Å². The number of carbonyl (C=O) groups excluding carboxylic acids is 1. The second-order valence-electron chi connectivity index (χ2n) is 7.67. The molecule has 0 atom stereocenters. The largest absolute Gasteiger partial charge is 0.338 e. The number of carbonyl (C=O) groups is 1. The normalized spacial score (nSPS) is 14.1. The van der Waals surface area contributed by atoms with Gasteiger partial charge in [-0.15, -0.1) is 0 Å². The highest BCUT2D eigenvalue weighted by Gasteiger charge is 2.23. The molecule has 3 aromatic rings. The lowest BCUT2D eigenvalue weighted by Crippen LogP contribution is -2.37. The van der Waals surface area contributed by atoms with Gasteiger partial charge in [-0.25, -0.2) is 8.78 Å². The Balaban J connectivity index is 1.62. The van der Waals surface area contributed by atoms with Gasteiger partial charge in [-0.1, -0.05) is 30.3 Å². The smallest absolute Gasteiger partial charge is 0.252 e. The topological polar surface area (TPSA) is 53.2 Å². The number of benzene rings is 2. The van der Waals surface area contributed by atoms with E-state index in [0.717, 1.165) is 29.2 Å². The van der Waals surface area contributed by atoms with Crippen molar-refractivity contribution < 1.29 is 13.6 Å². The van der Waals surface area contributed by atoms with Gasteiger partial charge < -0.3 is 9.88 Å². The average Bonchev–Trinajstić information content (AvgIpc) is 2.74. The highest BCUT2D eigenvalue weighted by Crippen LogP contribution is 2.26. The molecule has 0 fully saturated rings. The number of aromatic amines is 1. The Hall–Kier alpha value is -3.28. The van der Waals surface area contributed by atoms with Gasteiger partial charge in [0.2, 0.25) is 5.91 Å². The molecule has 0 saturated carbocycles. The van der Waals surface area contributed by atoms with Crippen LogP contribution in [0.2, 0.25) is 0 Å². The van der Waals surface area contributed by atoms with Crippen molar-refractivity contribution in [3.63, 3.8) is 0 Å². The summed E-state index contributed by atoms with van der Waals surface area (Å²) in [7, 11) is 0. The quantitative estimate of drug-likeness (QED) is 0.703. The van der Waals surface area contributed by atoms with E-state index in [2.05, 4.69) is 11.1 Å². The van der Waals surface area contributed by atoms with E-state index in [1.807, 2.05) is 31.2 Å². The monoisotopic (exact) mass is 408 g/mol. The molecule has 1 aliphatic heterocycles. The van der Waals surface area contributed by atoms with Gasteiger partial charge in [-0.05, 0) is 54.7 Å². The Morgan fingerprint density at radius 2 is 1.90 bits per heavy atom. The number of hydrogen-bond acceptors (Lipinski definition) is 2. The maximum atomic E-state index is 14.3. The highest BCUT2D eigenvalue weighted by molar-refractivity contribution is 5.87.